The number of ether oxygens (including phenoxy) is 1. The van der Waals surface area contributed by atoms with Crippen LogP contribution in [0.15, 0.2) is 12.5 Å². The number of likely N-dealkylation sites (tertiary alicyclic amines) is 1. The van der Waals surface area contributed by atoms with Crippen molar-refractivity contribution < 1.29 is 19.7 Å². The largest absolute Gasteiger partial charge is 0.444 e. The molecule has 2 fully saturated rings. The number of nitrogens with zero attached hydrogens (tertiary/aromatic N) is 4. The molecule has 2 aliphatic rings. The molecule has 4 rings (SSSR count). The van der Waals surface area contributed by atoms with Crippen LogP contribution in [0.25, 0.3) is 11.0 Å². The van der Waals surface area contributed by atoms with Gasteiger partial charge in [-0.3, -0.25) is 0 Å². The zero-order valence-corrected chi connectivity index (χ0v) is 23.4. The van der Waals surface area contributed by atoms with Crippen LogP contribution in [0.5, 0.6) is 0 Å². The maximum absolute atomic E-state index is 12.5. The molecular weight excluding hydrogens is 458 g/mol. The maximum Gasteiger partial charge on any atom is 0.410 e. The molecule has 3 unspecified atom stereocenters. The summed E-state index contributed by atoms with van der Waals surface area (Å²) in [5, 5.41) is 17.1. The summed E-state index contributed by atoms with van der Waals surface area (Å²) in [6.45, 7) is 16.1. The van der Waals surface area contributed by atoms with E-state index >= 15 is 0 Å². The number of hydrogen-bond donors (Lipinski definition) is 3. The van der Waals surface area contributed by atoms with Crippen molar-refractivity contribution in [2.75, 3.05) is 18.8 Å². The number of nitrogens with two attached hydrogens (primary N) is 1. The molecule has 204 valence electrons. The summed E-state index contributed by atoms with van der Waals surface area (Å²) in [6, 6.07) is 0.433. The van der Waals surface area contributed by atoms with Gasteiger partial charge in [0.25, 0.3) is 0 Å². The van der Waals surface area contributed by atoms with Crippen LogP contribution in [0.1, 0.15) is 92.2 Å². The molecule has 0 radical (unpaired) electrons. The van der Waals surface area contributed by atoms with Crippen molar-refractivity contribution >= 4 is 22.9 Å². The Labute approximate surface area is 216 Å². The molecule has 1 aliphatic carbocycles. The molecule has 1 aliphatic heterocycles. The molecule has 36 heavy (non-hydrogen) atoms. The first-order valence-electron chi connectivity index (χ1n) is 13.2. The standard InChI is InChI=1S/C22H33N5O2.C3H8O2.C2H6/c1-14-11-27(20-18(14)19(23)24-13-25-20)17-8-7-15(10-17)16-6-5-9-26(12-16)21(28)29-22(2,3)4;1-3(2,4)5;1-2/h11,13,15-17H,5-10,12H2,1-4H3,(H2,23,24,25);4-5H,1-2H3;1-2H3. The first-order chi connectivity index (χ1) is 16.7. The molecule has 2 aromatic rings. The highest BCUT2D eigenvalue weighted by molar-refractivity contribution is 5.89. The Morgan fingerprint density at radius 2 is 1.72 bits per heavy atom. The molecule has 0 bridgehead atoms. The fourth-order valence-corrected chi connectivity index (χ4v) is 5.14. The Morgan fingerprint density at radius 1 is 1.08 bits per heavy atom. The van der Waals surface area contributed by atoms with Crippen molar-refractivity contribution in [3.05, 3.63) is 18.1 Å². The SMILES string of the molecule is CC.CC(C)(O)O.Cc1cn(C2CCC(C3CCCN(C(=O)OC(C)(C)C)C3)C2)c2ncnc(N)c12. The third-order valence-electron chi connectivity index (χ3n) is 6.44. The Morgan fingerprint density at radius 3 is 2.33 bits per heavy atom. The number of carbonyl (C=O) groups is 1. The zero-order valence-electron chi connectivity index (χ0n) is 23.4. The number of carbonyl (C=O) groups excluding carboxylic acids is 1. The number of fused-ring (bicyclic) bond motifs is 1. The van der Waals surface area contributed by atoms with Gasteiger partial charge in [-0.25, -0.2) is 14.8 Å². The molecule has 4 N–H and O–H groups in total. The van der Waals surface area contributed by atoms with Crippen molar-refractivity contribution in [2.45, 2.75) is 105 Å². The number of nitrogen functional groups attached to an aromatic ring is 1. The molecule has 2 aromatic heterocycles. The lowest BCUT2D eigenvalue weighted by Gasteiger charge is -2.36. The van der Waals surface area contributed by atoms with Gasteiger partial charge in [-0.15, -0.1) is 0 Å². The second-order valence-electron chi connectivity index (χ2n) is 11.2. The highest BCUT2D eigenvalue weighted by Crippen LogP contribution is 2.43. The van der Waals surface area contributed by atoms with Gasteiger partial charge in [0.1, 0.15) is 23.4 Å². The lowest BCUT2D eigenvalue weighted by molar-refractivity contribution is -0.127. The Hall–Kier alpha value is -2.39. The topological polar surface area (TPSA) is 127 Å². The van der Waals surface area contributed by atoms with E-state index in [1.165, 1.54) is 26.7 Å². The van der Waals surface area contributed by atoms with Gasteiger partial charge in [0.2, 0.25) is 0 Å². The molecule has 0 spiro atoms. The van der Waals surface area contributed by atoms with Crippen LogP contribution in [0, 0.1) is 18.8 Å². The highest BCUT2D eigenvalue weighted by atomic mass is 16.6. The van der Waals surface area contributed by atoms with Gasteiger partial charge in [-0.2, -0.15) is 0 Å². The normalized spacial score (nSPS) is 22.4. The summed E-state index contributed by atoms with van der Waals surface area (Å²) in [5.41, 5.74) is 7.72. The van der Waals surface area contributed by atoms with Gasteiger partial charge in [-0.1, -0.05) is 13.8 Å². The lowest BCUT2D eigenvalue weighted by atomic mass is 9.84. The smallest absolute Gasteiger partial charge is 0.410 e. The van der Waals surface area contributed by atoms with Gasteiger partial charge in [0.05, 0.1) is 5.39 Å². The fourth-order valence-electron chi connectivity index (χ4n) is 5.14. The van der Waals surface area contributed by atoms with Crippen LogP contribution in [0.4, 0.5) is 10.6 Å². The number of aliphatic hydroxyl groups is 2. The number of piperidine rings is 1. The minimum atomic E-state index is -1.50. The van der Waals surface area contributed by atoms with Crippen molar-refractivity contribution in [3.63, 3.8) is 0 Å². The first-order valence-corrected chi connectivity index (χ1v) is 13.2. The second-order valence-corrected chi connectivity index (χ2v) is 11.2. The number of aromatic nitrogens is 3. The average Bonchev–Trinajstić information content (AvgIpc) is 3.39. The Balaban J connectivity index is 0.000000583. The Kier molecular flexibility index (Phi) is 10.1. The maximum atomic E-state index is 12.5. The minimum Gasteiger partial charge on any atom is -0.444 e. The summed E-state index contributed by atoms with van der Waals surface area (Å²) in [6.07, 6.45) is 9.27. The summed E-state index contributed by atoms with van der Waals surface area (Å²) in [4.78, 5) is 23.1. The molecule has 1 saturated heterocycles. The summed E-state index contributed by atoms with van der Waals surface area (Å²) >= 11 is 0. The number of aryl methyl sites for hydroxylation is 1. The predicted octanol–water partition coefficient (Wildman–Crippen LogP) is 5.04. The lowest BCUT2D eigenvalue weighted by Crippen LogP contribution is -2.44. The molecule has 9 heteroatoms. The van der Waals surface area contributed by atoms with Crippen LogP contribution >= 0.6 is 0 Å². The third kappa shape index (κ3) is 8.34. The monoisotopic (exact) mass is 505 g/mol. The number of anilines is 1. The van der Waals surface area contributed by atoms with E-state index in [0.717, 1.165) is 48.9 Å². The van der Waals surface area contributed by atoms with Crippen molar-refractivity contribution in [1.29, 1.82) is 0 Å². The van der Waals surface area contributed by atoms with Gasteiger partial charge < -0.3 is 30.2 Å². The summed E-state index contributed by atoms with van der Waals surface area (Å²) in [7, 11) is 0. The molecule has 1 saturated carbocycles. The number of amides is 1. The van der Waals surface area contributed by atoms with E-state index in [9.17, 15) is 4.79 Å². The highest BCUT2D eigenvalue weighted by Gasteiger charge is 2.36. The molecule has 1 amide bonds. The van der Waals surface area contributed by atoms with E-state index in [-0.39, 0.29) is 6.09 Å². The van der Waals surface area contributed by atoms with Crippen molar-refractivity contribution in [1.82, 2.24) is 19.4 Å². The van der Waals surface area contributed by atoms with E-state index in [4.69, 9.17) is 20.7 Å². The van der Waals surface area contributed by atoms with Gasteiger partial charge >= 0.3 is 6.09 Å². The van der Waals surface area contributed by atoms with Crippen molar-refractivity contribution in [2.24, 2.45) is 11.8 Å². The third-order valence-corrected chi connectivity index (χ3v) is 6.44. The molecule has 3 heterocycles. The van der Waals surface area contributed by atoms with Crippen molar-refractivity contribution in [3.8, 4) is 0 Å². The zero-order chi connectivity index (χ0) is 27.3. The van der Waals surface area contributed by atoms with Crippen LogP contribution in [0.2, 0.25) is 0 Å². The van der Waals surface area contributed by atoms with E-state index in [1.54, 1.807) is 6.33 Å². The Bertz CT molecular complexity index is 986. The van der Waals surface area contributed by atoms with Crippen LogP contribution in [-0.2, 0) is 4.74 Å². The molecule has 3 atom stereocenters. The molecular formula is C27H47N5O4. The van der Waals surface area contributed by atoms with Crippen LogP contribution in [-0.4, -0.2) is 60.2 Å². The quantitative estimate of drug-likeness (QED) is 0.488. The molecule has 9 nitrogen and oxygen atoms in total. The summed E-state index contributed by atoms with van der Waals surface area (Å²) < 4.78 is 7.90. The average molecular weight is 506 g/mol. The second kappa shape index (κ2) is 12.2. The van der Waals surface area contributed by atoms with Gasteiger partial charge in [-0.05, 0) is 91.0 Å². The number of rotatable bonds is 2. The fraction of sp³-hybridized carbons (Fsp3) is 0.741. The van der Waals surface area contributed by atoms with E-state index in [0.29, 0.717) is 23.7 Å². The number of hydrogen-bond acceptors (Lipinski definition) is 7. The summed E-state index contributed by atoms with van der Waals surface area (Å²) in [5.74, 6) is 0.229. The van der Waals surface area contributed by atoms with E-state index in [1.807, 2.05) is 39.5 Å². The predicted molar refractivity (Wildman–Crippen MR) is 143 cm³/mol. The molecule has 0 aromatic carbocycles. The first kappa shape index (κ1) is 29.8. The van der Waals surface area contributed by atoms with Crippen LogP contribution < -0.4 is 5.73 Å². The van der Waals surface area contributed by atoms with Gasteiger partial charge in [0.15, 0.2) is 5.79 Å². The van der Waals surface area contributed by atoms with Crippen LogP contribution in [0.3, 0.4) is 0 Å². The van der Waals surface area contributed by atoms with E-state index < -0.39 is 11.4 Å². The van der Waals surface area contributed by atoms with E-state index in [2.05, 4.69) is 27.7 Å². The minimum absolute atomic E-state index is 0.170. The van der Waals surface area contributed by atoms with Gasteiger partial charge in [0, 0.05) is 25.3 Å².